The quantitative estimate of drug-likeness (QED) is 0.578. The van der Waals surface area contributed by atoms with Gasteiger partial charge in [-0.05, 0) is 12.8 Å². The van der Waals surface area contributed by atoms with E-state index in [4.69, 9.17) is 9.47 Å². The molecule has 0 heterocycles. The summed E-state index contributed by atoms with van der Waals surface area (Å²) in [5.41, 5.74) is 0.955. The number of esters is 2. The molecule has 0 aromatic carbocycles. The van der Waals surface area contributed by atoms with Crippen LogP contribution in [0, 0.1) is 21.7 Å². The molecule has 1 fully saturated rings. The summed E-state index contributed by atoms with van der Waals surface area (Å²) in [4.78, 5) is 24.1. The zero-order valence-electron chi connectivity index (χ0n) is 12.5. The Morgan fingerprint density at radius 3 is 1.50 bits per heavy atom. The lowest BCUT2D eigenvalue weighted by Crippen LogP contribution is -2.70. The molecule has 0 aromatic rings. The summed E-state index contributed by atoms with van der Waals surface area (Å²) in [7, 11) is 2.85. The molecule has 112 valence electrons. The lowest BCUT2D eigenvalue weighted by Gasteiger charge is -2.76. The topological polar surface area (TPSA) is 52.6 Å². The molecule has 0 radical (unpaired) electrons. The van der Waals surface area contributed by atoms with Crippen molar-refractivity contribution in [3.8, 4) is 0 Å². The molecule has 0 amide bonds. The van der Waals surface area contributed by atoms with Crippen LogP contribution < -0.4 is 0 Å². The number of ether oxygens (including phenoxy) is 2. The Balaban J connectivity index is 1.59. The first-order valence-electron chi connectivity index (χ1n) is 7.52. The number of allylic oxidation sites excluding steroid dienone is 6. The minimum atomic E-state index is -0.233. The molecule has 22 heavy (non-hydrogen) atoms. The van der Waals surface area contributed by atoms with Crippen molar-refractivity contribution in [1.82, 2.24) is 0 Å². The predicted octanol–water partition coefficient (Wildman–Crippen LogP) is 2.09. The number of rotatable bonds is 2. The first-order valence-corrected chi connectivity index (χ1v) is 7.52. The van der Waals surface area contributed by atoms with Gasteiger partial charge in [-0.25, -0.2) is 9.59 Å². The third-order valence-corrected chi connectivity index (χ3v) is 6.71. The van der Waals surface area contributed by atoms with Gasteiger partial charge in [0.05, 0.1) is 14.2 Å². The van der Waals surface area contributed by atoms with E-state index in [2.05, 4.69) is 24.3 Å². The van der Waals surface area contributed by atoms with Crippen LogP contribution in [-0.4, -0.2) is 26.2 Å². The average molecular weight is 296 g/mol. The van der Waals surface area contributed by atoms with E-state index >= 15 is 0 Å². The third-order valence-electron chi connectivity index (χ3n) is 6.71. The lowest BCUT2D eigenvalue weighted by molar-refractivity contribution is -0.149. The summed E-state index contributed by atoms with van der Waals surface area (Å²) in [6, 6.07) is 0. The van der Waals surface area contributed by atoms with Gasteiger partial charge >= 0.3 is 11.9 Å². The molecule has 1 saturated carbocycles. The maximum absolute atomic E-state index is 12.0. The van der Waals surface area contributed by atoms with E-state index in [9.17, 15) is 9.59 Å². The SMILES string of the molecule is COC(=O)C1=CC23C=CC12CC12C=CC1(C3)C(C(=O)OC)=C2. The zero-order chi connectivity index (χ0) is 15.4. The maximum atomic E-state index is 12.0. The van der Waals surface area contributed by atoms with Crippen molar-refractivity contribution in [2.24, 2.45) is 21.7 Å². The van der Waals surface area contributed by atoms with Gasteiger partial charge in [0.15, 0.2) is 0 Å². The highest BCUT2D eigenvalue weighted by Gasteiger charge is 2.78. The fourth-order valence-corrected chi connectivity index (χ4v) is 5.45. The van der Waals surface area contributed by atoms with Crippen molar-refractivity contribution in [3.05, 3.63) is 47.6 Å². The van der Waals surface area contributed by atoms with Crippen LogP contribution >= 0.6 is 0 Å². The molecular weight excluding hydrogens is 280 g/mol. The Morgan fingerprint density at radius 2 is 1.23 bits per heavy atom. The van der Waals surface area contributed by atoms with Gasteiger partial charge in [-0.2, -0.15) is 0 Å². The van der Waals surface area contributed by atoms with Gasteiger partial charge in [-0.1, -0.05) is 36.5 Å². The van der Waals surface area contributed by atoms with E-state index in [0.717, 1.165) is 24.0 Å². The molecule has 0 bridgehead atoms. The summed E-state index contributed by atoms with van der Waals surface area (Å²) in [5, 5.41) is 0. The van der Waals surface area contributed by atoms with E-state index in [1.807, 2.05) is 12.2 Å². The Hall–Kier alpha value is -2.10. The maximum Gasteiger partial charge on any atom is 0.334 e. The van der Waals surface area contributed by atoms with Gasteiger partial charge in [0.25, 0.3) is 0 Å². The van der Waals surface area contributed by atoms with Crippen LogP contribution in [0.4, 0.5) is 0 Å². The van der Waals surface area contributed by atoms with Crippen LogP contribution in [0.25, 0.3) is 0 Å². The van der Waals surface area contributed by atoms with Crippen LogP contribution in [0.1, 0.15) is 12.8 Å². The standard InChI is InChI=1S/C18H16O4/c1-21-13(19)11-7-15-3-5-17(11,15)9-16-4-6-18(16,10-15)12(8-16)14(20)22-2/h3-8H,9-10H2,1-2H3. The fourth-order valence-electron chi connectivity index (χ4n) is 5.45. The Kier molecular flexibility index (Phi) is 1.78. The second kappa shape index (κ2) is 3.14. The highest BCUT2D eigenvalue weighted by molar-refractivity contribution is 5.98. The van der Waals surface area contributed by atoms with E-state index < -0.39 is 0 Å². The van der Waals surface area contributed by atoms with Gasteiger partial charge in [0, 0.05) is 32.8 Å². The summed E-state index contributed by atoms with van der Waals surface area (Å²) in [6.45, 7) is 0. The first kappa shape index (κ1) is 12.4. The second-order valence-electron chi connectivity index (χ2n) is 7.14. The van der Waals surface area contributed by atoms with Crippen molar-refractivity contribution in [1.29, 1.82) is 0 Å². The van der Waals surface area contributed by atoms with Crippen molar-refractivity contribution < 1.29 is 19.1 Å². The highest BCUT2D eigenvalue weighted by atomic mass is 16.5. The lowest BCUT2D eigenvalue weighted by atomic mass is 9.26. The number of methoxy groups -OCH3 is 2. The van der Waals surface area contributed by atoms with Crippen LogP contribution in [0.2, 0.25) is 0 Å². The molecule has 0 saturated heterocycles. The molecular formula is C18H16O4. The molecule has 5 rings (SSSR count). The summed E-state index contributed by atoms with van der Waals surface area (Å²) in [6.07, 6.45) is 14.4. The molecule has 0 N–H and O–H groups in total. The first-order chi connectivity index (χ1) is 10.5. The molecule has 5 aliphatic carbocycles. The largest absolute Gasteiger partial charge is 0.466 e. The average Bonchev–Trinajstić information content (AvgIpc) is 2.53. The molecule has 0 aliphatic heterocycles. The van der Waals surface area contributed by atoms with Gasteiger partial charge in [0.2, 0.25) is 0 Å². The fraction of sp³-hybridized carbons (Fsp3) is 0.444. The van der Waals surface area contributed by atoms with Crippen LogP contribution in [0.15, 0.2) is 47.6 Å². The molecule has 0 aromatic heterocycles. The number of carbonyl (C=O) groups excluding carboxylic acids is 2. The zero-order valence-corrected chi connectivity index (χ0v) is 12.5. The van der Waals surface area contributed by atoms with Crippen LogP contribution in [-0.2, 0) is 19.1 Å². The Bertz CT molecular complexity index is 719. The van der Waals surface area contributed by atoms with Gasteiger partial charge in [-0.3, -0.25) is 0 Å². The Morgan fingerprint density at radius 1 is 0.818 bits per heavy atom. The minimum Gasteiger partial charge on any atom is -0.466 e. The van der Waals surface area contributed by atoms with E-state index in [-0.39, 0.29) is 33.6 Å². The monoisotopic (exact) mass is 296 g/mol. The summed E-state index contributed by atoms with van der Waals surface area (Å²) < 4.78 is 9.86. The smallest absolute Gasteiger partial charge is 0.334 e. The summed E-state index contributed by atoms with van der Waals surface area (Å²) in [5.74, 6) is -0.465. The normalized spacial score (nSPS) is 47.5. The molecule has 4 atom stereocenters. The second-order valence-corrected chi connectivity index (χ2v) is 7.14. The van der Waals surface area contributed by atoms with E-state index in [1.54, 1.807) is 0 Å². The van der Waals surface area contributed by atoms with Gasteiger partial charge in [-0.15, -0.1) is 0 Å². The molecule has 5 aliphatic rings. The van der Waals surface area contributed by atoms with E-state index in [1.165, 1.54) is 14.2 Å². The molecule has 4 nitrogen and oxygen atoms in total. The Labute approximate surface area is 128 Å². The third kappa shape index (κ3) is 0.887. The van der Waals surface area contributed by atoms with Crippen molar-refractivity contribution in [2.45, 2.75) is 12.8 Å². The summed E-state index contributed by atoms with van der Waals surface area (Å²) >= 11 is 0. The predicted molar refractivity (Wildman–Crippen MR) is 77.4 cm³/mol. The van der Waals surface area contributed by atoms with Crippen LogP contribution in [0.5, 0.6) is 0 Å². The van der Waals surface area contributed by atoms with Crippen molar-refractivity contribution in [2.75, 3.05) is 14.2 Å². The van der Waals surface area contributed by atoms with E-state index in [0.29, 0.717) is 0 Å². The number of hydrogen-bond donors (Lipinski definition) is 0. The highest BCUT2D eigenvalue weighted by Crippen LogP contribution is 2.84. The number of hydrogen-bond acceptors (Lipinski definition) is 4. The minimum absolute atomic E-state index is 0.0989. The molecule has 0 spiro atoms. The molecule has 4 unspecified atom stereocenters. The van der Waals surface area contributed by atoms with Crippen LogP contribution in [0.3, 0.4) is 0 Å². The van der Waals surface area contributed by atoms with Gasteiger partial charge in [0.1, 0.15) is 0 Å². The van der Waals surface area contributed by atoms with Gasteiger partial charge < -0.3 is 9.47 Å². The molecule has 4 heteroatoms. The number of carbonyl (C=O) groups is 2. The van der Waals surface area contributed by atoms with Crippen molar-refractivity contribution >= 4 is 11.9 Å². The van der Waals surface area contributed by atoms with Crippen molar-refractivity contribution in [3.63, 3.8) is 0 Å².